The Hall–Kier alpha value is -2.45. The molecule has 0 saturated carbocycles. The van der Waals surface area contributed by atoms with Crippen molar-refractivity contribution in [3.8, 4) is 0 Å². The summed E-state index contributed by atoms with van der Waals surface area (Å²) in [4.78, 5) is 26.9. The largest absolute Gasteiger partial charge is 0.405 e. The number of carbonyl (C=O) groups excluding carboxylic acids is 2. The fourth-order valence-electron chi connectivity index (χ4n) is 2.29. The number of alkyl halides is 3. The molecule has 1 aromatic carbocycles. The Morgan fingerprint density at radius 3 is 2.48 bits per heavy atom. The summed E-state index contributed by atoms with van der Waals surface area (Å²) < 4.78 is 36.0. The van der Waals surface area contributed by atoms with Crippen LogP contribution in [0.5, 0.6) is 0 Å². The molecule has 0 spiro atoms. The molecule has 1 aliphatic heterocycles. The van der Waals surface area contributed by atoms with Gasteiger partial charge in [0.1, 0.15) is 6.54 Å². The smallest absolute Gasteiger partial charge is 0.371 e. The molecule has 2 rings (SSSR count). The number of hydrogen-bond donors (Lipinski definition) is 2. The molecule has 0 aromatic heterocycles. The number of nitrogens with one attached hydrogen (secondary N) is 2. The zero-order valence-corrected chi connectivity index (χ0v) is 12.5. The number of urea groups is 1. The van der Waals surface area contributed by atoms with Crippen molar-refractivity contribution < 1.29 is 22.8 Å². The number of fused-ring (bicyclic) bond motifs is 1. The average Bonchev–Trinajstić information content (AvgIpc) is 2.48. The fourth-order valence-corrected chi connectivity index (χ4v) is 2.29. The van der Waals surface area contributed by atoms with Gasteiger partial charge < -0.3 is 15.1 Å². The third-order valence-electron chi connectivity index (χ3n) is 3.38. The van der Waals surface area contributed by atoms with E-state index in [-0.39, 0.29) is 6.54 Å². The zero-order chi connectivity index (χ0) is 17.0. The normalized spacial score (nSPS) is 14.3. The molecule has 6 nitrogen and oxygen atoms in total. The highest BCUT2D eigenvalue weighted by molar-refractivity contribution is 5.97. The van der Waals surface area contributed by atoms with E-state index < -0.39 is 24.7 Å². The Kier molecular flexibility index (Phi) is 4.97. The number of anilines is 2. The number of para-hydroxylation sites is 2. The number of rotatable bonds is 3. The Balaban J connectivity index is 1.91. The highest BCUT2D eigenvalue weighted by Gasteiger charge is 2.28. The quantitative estimate of drug-likeness (QED) is 0.878. The van der Waals surface area contributed by atoms with Gasteiger partial charge in [0.2, 0.25) is 5.91 Å². The van der Waals surface area contributed by atoms with E-state index in [2.05, 4.69) is 0 Å². The van der Waals surface area contributed by atoms with E-state index in [1.54, 1.807) is 10.2 Å². The highest BCUT2D eigenvalue weighted by Crippen LogP contribution is 2.31. The topological polar surface area (TPSA) is 64.7 Å². The van der Waals surface area contributed by atoms with Crippen LogP contribution < -0.4 is 20.4 Å². The van der Waals surface area contributed by atoms with Crippen LogP contribution in [0.4, 0.5) is 29.3 Å². The Bertz CT molecular complexity index is 592. The minimum Gasteiger partial charge on any atom is -0.371 e. The molecule has 23 heavy (non-hydrogen) atoms. The molecule has 0 radical (unpaired) electrons. The van der Waals surface area contributed by atoms with Gasteiger partial charge in [-0.2, -0.15) is 13.2 Å². The first-order chi connectivity index (χ1) is 10.8. The molecule has 1 aromatic rings. The van der Waals surface area contributed by atoms with Crippen LogP contribution in [0.25, 0.3) is 0 Å². The summed E-state index contributed by atoms with van der Waals surface area (Å²) in [7, 11) is 1.93. The number of carbonyl (C=O) groups is 2. The van der Waals surface area contributed by atoms with Crippen molar-refractivity contribution in [1.29, 1.82) is 0 Å². The van der Waals surface area contributed by atoms with E-state index in [1.165, 1.54) is 0 Å². The molecule has 0 saturated heterocycles. The van der Waals surface area contributed by atoms with Crippen molar-refractivity contribution in [1.82, 2.24) is 10.6 Å². The van der Waals surface area contributed by atoms with Crippen molar-refractivity contribution in [3.63, 3.8) is 0 Å². The first-order valence-electron chi connectivity index (χ1n) is 6.96. The maximum atomic E-state index is 12.0. The minimum absolute atomic E-state index is 0.107. The van der Waals surface area contributed by atoms with Crippen molar-refractivity contribution in [2.24, 2.45) is 0 Å². The van der Waals surface area contributed by atoms with Crippen LogP contribution >= 0.6 is 0 Å². The van der Waals surface area contributed by atoms with E-state index in [1.807, 2.05) is 41.5 Å². The third-order valence-corrected chi connectivity index (χ3v) is 3.38. The third kappa shape index (κ3) is 4.76. The molecule has 126 valence electrons. The lowest BCUT2D eigenvalue weighted by Crippen LogP contribution is -2.49. The fraction of sp³-hybridized carbons (Fsp3) is 0.429. The van der Waals surface area contributed by atoms with Gasteiger partial charge in [-0.05, 0) is 12.1 Å². The first-order valence-corrected chi connectivity index (χ1v) is 6.96. The number of likely N-dealkylation sites (N-methyl/N-ethyl adjacent to an activating group) is 1. The summed E-state index contributed by atoms with van der Waals surface area (Å²) in [6.45, 7) is -0.316. The zero-order valence-electron chi connectivity index (χ0n) is 12.5. The second-order valence-electron chi connectivity index (χ2n) is 5.18. The summed E-state index contributed by atoms with van der Waals surface area (Å²) in [5.74, 6) is -0.663. The molecule has 2 N–H and O–H groups in total. The summed E-state index contributed by atoms with van der Waals surface area (Å²) in [6.07, 6.45) is -4.52. The van der Waals surface area contributed by atoms with E-state index in [4.69, 9.17) is 0 Å². The molecule has 3 amide bonds. The number of nitrogens with zero attached hydrogens (tertiary/aromatic N) is 2. The number of halogens is 3. The predicted molar refractivity (Wildman–Crippen MR) is 79.5 cm³/mol. The molecular weight excluding hydrogens is 313 g/mol. The Morgan fingerprint density at radius 2 is 1.83 bits per heavy atom. The summed E-state index contributed by atoms with van der Waals surface area (Å²) in [6, 6.07) is 6.31. The van der Waals surface area contributed by atoms with E-state index in [0.29, 0.717) is 13.1 Å². The second kappa shape index (κ2) is 6.76. The molecule has 0 fully saturated rings. The number of imide groups is 1. The molecule has 1 aliphatic rings. The van der Waals surface area contributed by atoms with Gasteiger partial charge in [0.25, 0.3) is 0 Å². The van der Waals surface area contributed by atoms with Gasteiger partial charge in [-0.1, -0.05) is 12.1 Å². The van der Waals surface area contributed by atoms with Crippen LogP contribution in [0, 0.1) is 0 Å². The monoisotopic (exact) mass is 330 g/mol. The average molecular weight is 330 g/mol. The maximum Gasteiger partial charge on any atom is 0.405 e. The summed E-state index contributed by atoms with van der Waals surface area (Å²) in [5.41, 5.74) is 1.79. The summed E-state index contributed by atoms with van der Waals surface area (Å²) >= 11 is 0. The lowest BCUT2D eigenvalue weighted by molar-refractivity contribution is -0.124. The molecular formula is C14H17F3N4O2. The molecule has 0 unspecified atom stereocenters. The lowest BCUT2D eigenvalue weighted by atomic mass is 10.2. The molecule has 0 aliphatic carbocycles. The van der Waals surface area contributed by atoms with Crippen LogP contribution in [0.3, 0.4) is 0 Å². The van der Waals surface area contributed by atoms with Crippen LogP contribution in [0.1, 0.15) is 0 Å². The van der Waals surface area contributed by atoms with Crippen LogP contribution in [-0.2, 0) is 4.79 Å². The lowest BCUT2D eigenvalue weighted by Gasteiger charge is -2.36. The second-order valence-corrected chi connectivity index (χ2v) is 5.18. The molecule has 0 bridgehead atoms. The number of hydrogen-bond acceptors (Lipinski definition) is 4. The van der Waals surface area contributed by atoms with Gasteiger partial charge in [-0.25, -0.2) is 4.79 Å². The SMILES string of the molecule is CN1CCN(CC(=O)NC(=O)NCC(F)(F)F)c2ccccc21. The van der Waals surface area contributed by atoms with Crippen LogP contribution in [0.2, 0.25) is 0 Å². The molecule has 1 heterocycles. The minimum atomic E-state index is -4.52. The van der Waals surface area contributed by atoms with E-state index in [9.17, 15) is 22.8 Å². The Labute approximate surface area is 131 Å². The maximum absolute atomic E-state index is 12.0. The van der Waals surface area contributed by atoms with Gasteiger partial charge in [0.15, 0.2) is 0 Å². The highest BCUT2D eigenvalue weighted by atomic mass is 19.4. The van der Waals surface area contributed by atoms with E-state index >= 15 is 0 Å². The Morgan fingerprint density at radius 1 is 1.17 bits per heavy atom. The number of benzene rings is 1. The van der Waals surface area contributed by atoms with Crippen LogP contribution in [0.15, 0.2) is 24.3 Å². The van der Waals surface area contributed by atoms with Gasteiger partial charge in [-0.15, -0.1) is 0 Å². The van der Waals surface area contributed by atoms with Gasteiger partial charge >= 0.3 is 12.2 Å². The number of amides is 3. The van der Waals surface area contributed by atoms with Gasteiger partial charge in [-0.3, -0.25) is 10.1 Å². The van der Waals surface area contributed by atoms with Crippen molar-refractivity contribution in [3.05, 3.63) is 24.3 Å². The standard InChI is InChI=1S/C14H17F3N4O2/c1-20-6-7-21(11-5-3-2-4-10(11)20)8-12(22)19-13(23)18-9-14(15,16)17/h2-5H,6-9H2,1H3,(H2,18,19,22,23). The van der Waals surface area contributed by atoms with Gasteiger partial charge in [0, 0.05) is 20.1 Å². The van der Waals surface area contributed by atoms with Gasteiger partial charge in [0.05, 0.1) is 17.9 Å². The first kappa shape index (κ1) is 16.9. The van der Waals surface area contributed by atoms with E-state index in [0.717, 1.165) is 11.4 Å². The van der Waals surface area contributed by atoms with Crippen molar-refractivity contribution >= 4 is 23.3 Å². The summed E-state index contributed by atoms with van der Waals surface area (Å²) in [5, 5.41) is 3.49. The van der Waals surface area contributed by atoms with Crippen molar-refractivity contribution in [2.45, 2.75) is 6.18 Å². The van der Waals surface area contributed by atoms with Crippen LogP contribution in [-0.4, -0.2) is 51.3 Å². The molecule has 9 heteroatoms. The predicted octanol–water partition coefficient (Wildman–Crippen LogP) is 1.33. The molecule has 0 atom stereocenters. The van der Waals surface area contributed by atoms with Crippen molar-refractivity contribution in [2.75, 3.05) is 43.0 Å².